The third-order valence-corrected chi connectivity index (χ3v) is 6.42. The minimum Gasteiger partial charge on any atom is -0.346 e. The highest BCUT2D eigenvalue weighted by Gasteiger charge is 2.21. The van der Waals surface area contributed by atoms with E-state index < -0.39 is 0 Å². The second-order valence-corrected chi connectivity index (χ2v) is 8.34. The van der Waals surface area contributed by atoms with Crippen LogP contribution in [0.25, 0.3) is 22.2 Å². The van der Waals surface area contributed by atoms with Gasteiger partial charge in [-0.2, -0.15) is 5.10 Å². The summed E-state index contributed by atoms with van der Waals surface area (Å²) < 4.78 is 4.29. The van der Waals surface area contributed by atoms with Crippen LogP contribution in [0.5, 0.6) is 0 Å². The molecule has 0 bridgehead atoms. The first-order valence-corrected chi connectivity index (χ1v) is 11.9. The maximum Gasteiger partial charge on any atom is 0.0741 e. The van der Waals surface area contributed by atoms with Gasteiger partial charge >= 0.3 is 0 Å². The van der Waals surface area contributed by atoms with E-state index in [4.69, 9.17) is 0 Å². The summed E-state index contributed by atoms with van der Waals surface area (Å²) in [5, 5.41) is 9.12. The minimum atomic E-state index is 0.619. The topological polar surface area (TPSA) is 47.7 Å². The molecule has 1 saturated heterocycles. The Labute approximate surface area is 150 Å². The summed E-state index contributed by atoms with van der Waals surface area (Å²) in [6.45, 7) is 4.44. The first kappa shape index (κ1) is 15.5. The van der Waals surface area contributed by atoms with Crippen molar-refractivity contribution in [1.29, 1.82) is 0 Å². The van der Waals surface area contributed by atoms with Crippen LogP contribution in [-0.4, -0.2) is 31.7 Å². The monoisotopic (exact) mass is 439 g/mol. The summed E-state index contributed by atoms with van der Waals surface area (Å²) in [6.07, 6.45) is 10.0. The number of rotatable bonds is 4. The number of aromatic nitrogens is 4. The van der Waals surface area contributed by atoms with Gasteiger partial charge in [0.25, 0.3) is 0 Å². The molecule has 5 nitrogen and oxygen atoms in total. The smallest absolute Gasteiger partial charge is 0.0741 e. The van der Waals surface area contributed by atoms with Crippen molar-refractivity contribution in [3.63, 3.8) is 0 Å². The average molecular weight is 439 g/mol. The highest BCUT2D eigenvalue weighted by atomic mass is 127. The fourth-order valence-electron chi connectivity index (χ4n) is 3.36. The van der Waals surface area contributed by atoms with Gasteiger partial charge in [-0.3, -0.25) is 4.98 Å². The van der Waals surface area contributed by atoms with Crippen LogP contribution in [0, 0.1) is 5.92 Å². The van der Waals surface area contributed by atoms with Crippen molar-refractivity contribution in [2.24, 2.45) is 5.92 Å². The molecule has 1 aliphatic heterocycles. The van der Waals surface area contributed by atoms with E-state index in [0.717, 1.165) is 24.3 Å². The summed E-state index contributed by atoms with van der Waals surface area (Å²) in [4.78, 5) is 4.66. The largest absolute Gasteiger partial charge is 0.346 e. The third kappa shape index (κ3) is 3.16. The van der Waals surface area contributed by atoms with Crippen LogP contribution in [0.15, 0.2) is 36.9 Å². The minimum absolute atomic E-state index is 0.619. The molecule has 1 fully saturated rings. The number of nitrogens with one attached hydrogen (secondary N) is 1. The molecule has 0 aliphatic carbocycles. The average Bonchev–Trinajstić information content (AvgIpc) is 3.28. The maximum atomic E-state index is 4.66. The van der Waals surface area contributed by atoms with Crippen molar-refractivity contribution < 1.29 is 0 Å². The van der Waals surface area contributed by atoms with E-state index in [1.165, 1.54) is 17.3 Å². The van der Waals surface area contributed by atoms with Gasteiger partial charge < -0.3 is 9.88 Å². The van der Waals surface area contributed by atoms with E-state index in [1.54, 1.807) is 0 Å². The number of halogens is 1. The molecular formula is C16H19IN5P. The van der Waals surface area contributed by atoms with Crippen LogP contribution in [0.3, 0.4) is 0 Å². The van der Waals surface area contributed by atoms with Gasteiger partial charge in [-0.15, -0.1) is 0 Å². The summed E-state index contributed by atoms with van der Waals surface area (Å²) in [6, 6.07) is 5.00. The van der Waals surface area contributed by atoms with E-state index in [-0.39, 0.29) is 0 Å². The zero-order valence-electron chi connectivity index (χ0n) is 12.9. The van der Waals surface area contributed by atoms with Gasteiger partial charge in [0.15, 0.2) is 0 Å². The predicted octanol–water partition coefficient (Wildman–Crippen LogP) is 3.69. The highest BCUT2D eigenvalue weighted by Crippen LogP contribution is 2.28. The predicted molar refractivity (Wildman–Crippen MR) is 104 cm³/mol. The second-order valence-electron chi connectivity index (χ2n) is 6.27. The van der Waals surface area contributed by atoms with Crippen molar-refractivity contribution in [2.45, 2.75) is 25.9 Å². The maximum absolute atomic E-state index is 4.66. The first-order chi connectivity index (χ1) is 11.2. The van der Waals surface area contributed by atoms with Crippen LogP contribution >= 0.6 is 28.4 Å². The lowest BCUT2D eigenvalue weighted by atomic mass is 10.1. The fraction of sp³-hybridized carbons (Fsp3) is 0.375. The molecule has 3 aromatic heterocycles. The SMILES string of the molecule is CC1CC(Cn2ccc3cc(-c4cnn(PI)c4)ncc32)CN1. The van der Waals surface area contributed by atoms with Crippen LogP contribution in [0.4, 0.5) is 0 Å². The molecule has 0 amide bonds. The Morgan fingerprint density at radius 3 is 3.09 bits per heavy atom. The van der Waals surface area contributed by atoms with Gasteiger partial charge in [0, 0.05) is 35.9 Å². The van der Waals surface area contributed by atoms with Crippen molar-refractivity contribution >= 4 is 39.3 Å². The molecule has 0 saturated carbocycles. The molecule has 4 rings (SSSR count). The Morgan fingerprint density at radius 1 is 1.43 bits per heavy atom. The number of fused-ring (bicyclic) bond motifs is 1. The van der Waals surface area contributed by atoms with E-state index in [1.807, 2.05) is 16.8 Å². The number of nitrogens with zero attached hydrogens (tertiary/aromatic N) is 4. The summed E-state index contributed by atoms with van der Waals surface area (Å²) >= 11 is 2.33. The molecular weight excluding hydrogens is 420 g/mol. The molecule has 7 heteroatoms. The summed E-state index contributed by atoms with van der Waals surface area (Å²) in [5.74, 6) is 0.711. The zero-order valence-corrected chi connectivity index (χ0v) is 16.1. The van der Waals surface area contributed by atoms with Gasteiger partial charge in [-0.05, 0) is 60.0 Å². The Hall–Kier alpha value is -0.980. The van der Waals surface area contributed by atoms with Crippen molar-refractivity contribution in [3.8, 4) is 11.3 Å². The lowest BCUT2D eigenvalue weighted by Gasteiger charge is -2.11. The molecule has 4 heterocycles. The van der Waals surface area contributed by atoms with Gasteiger partial charge in [-0.1, -0.05) is 0 Å². The molecule has 3 atom stereocenters. The van der Waals surface area contributed by atoms with Gasteiger partial charge in [0.2, 0.25) is 0 Å². The van der Waals surface area contributed by atoms with Crippen LogP contribution < -0.4 is 5.32 Å². The van der Waals surface area contributed by atoms with Gasteiger partial charge in [0.1, 0.15) is 0 Å². The van der Waals surface area contributed by atoms with Crippen molar-refractivity contribution in [1.82, 2.24) is 24.4 Å². The molecule has 3 aromatic rings. The Morgan fingerprint density at radius 2 is 2.35 bits per heavy atom. The van der Waals surface area contributed by atoms with Gasteiger partial charge in [0.05, 0.1) is 30.0 Å². The number of hydrogen-bond donors (Lipinski definition) is 1. The molecule has 1 N–H and O–H groups in total. The Balaban J connectivity index is 1.60. The fourth-order valence-corrected chi connectivity index (χ4v) is 4.44. The molecule has 0 spiro atoms. The van der Waals surface area contributed by atoms with E-state index in [0.29, 0.717) is 18.3 Å². The standard InChI is InChI=1S/C16H19IN5P/c1-11-4-12(6-18-11)9-21-3-2-13-5-15(19-8-16(13)21)14-7-20-22(10-14)23-17/h2-3,5,7-8,10-12,18,23H,4,6,9H2,1H3. The van der Waals surface area contributed by atoms with E-state index in [2.05, 4.69) is 73.5 Å². The lowest BCUT2D eigenvalue weighted by Crippen LogP contribution is -2.17. The molecule has 120 valence electrons. The van der Waals surface area contributed by atoms with E-state index >= 15 is 0 Å². The third-order valence-electron chi connectivity index (χ3n) is 4.52. The van der Waals surface area contributed by atoms with Crippen LogP contribution in [0.2, 0.25) is 0 Å². The molecule has 1 aliphatic rings. The normalized spacial score (nSPS) is 21.8. The van der Waals surface area contributed by atoms with E-state index in [9.17, 15) is 0 Å². The van der Waals surface area contributed by atoms with Crippen LogP contribution in [0.1, 0.15) is 13.3 Å². The van der Waals surface area contributed by atoms with Crippen molar-refractivity contribution in [3.05, 3.63) is 36.9 Å². The zero-order chi connectivity index (χ0) is 15.8. The molecule has 0 aromatic carbocycles. The lowest BCUT2D eigenvalue weighted by molar-refractivity contribution is 0.483. The van der Waals surface area contributed by atoms with Crippen molar-refractivity contribution in [2.75, 3.05) is 6.54 Å². The summed E-state index contributed by atoms with van der Waals surface area (Å²) in [7, 11) is 0. The quantitative estimate of drug-likeness (QED) is 0.499. The van der Waals surface area contributed by atoms with Crippen LogP contribution in [-0.2, 0) is 6.54 Å². The number of hydrogen-bond acceptors (Lipinski definition) is 3. The molecule has 23 heavy (non-hydrogen) atoms. The second kappa shape index (κ2) is 6.49. The highest BCUT2D eigenvalue weighted by molar-refractivity contribution is 14.2. The van der Waals surface area contributed by atoms with Gasteiger partial charge in [-0.25, -0.2) is 4.45 Å². The Kier molecular flexibility index (Phi) is 4.39. The molecule has 0 radical (unpaired) electrons. The summed E-state index contributed by atoms with van der Waals surface area (Å²) in [5.41, 5.74) is 3.29. The Bertz CT molecular complexity index is 827. The first-order valence-electron chi connectivity index (χ1n) is 7.83. The molecule has 3 unspecified atom stereocenters. The number of pyridine rings is 1.